The third-order valence-corrected chi connectivity index (χ3v) is 5.14. The lowest BCUT2D eigenvalue weighted by Gasteiger charge is -2.27. The highest BCUT2D eigenvalue weighted by Crippen LogP contribution is 2.36. The first-order valence-electron chi connectivity index (χ1n) is 9.45. The molecule has 0 unspecified atom stereocenters. The second-order valence-corrected chi connectivity index (χ2v) is 7.52. The predicted molar refractivity (Wildman–Crippen MR) is 121 cm³/mol. The SMILES string of the molecule is COC(=O)CCc1ccc(N2C(=O)N(c3ccc(C(=N)N)cc3)C(C)(C)C2=O)cc1.Cl. The molecule has 0 saturated carbocycles. The maximum Gasteiger partial charge on any atom is 0.336 e. The van der Waals surface area contributed by atoms with Gasteiger partial charge in [0.25, 0.3) is 5.91 Å². The van der Waals surface area contributed by atoms with Crippen LogP contribution < -0.4 is 15.5 Å². The molecule has 0 spiro atoms. The van der Waals surface area contributed by atoms with E-state index in [9.17, 15) is 14.4 Å². The van der Waals surface area contributed by atoms with E-state index in [-0.39, 0.29) is 36.5 Å². The normalized spacial score (nSPS) is 14.9. The van der Waals surface area contributed by atoms with Gasteiger partial charge in [-0.25, -0.2) is 9.69 Å². The summed E-state index contributed by atoms with van der Waals surface area (Å²) in [7, 11) is 1.34. The summed E-state index contributed by atoms with van der Waals surface area (Å²) in [6, 6.07) is 13.1. The molecule has 9 heteroatoms. The number of benzene rings is 2. The van der Waals surface area contributed by atoms with Crippen molar-refractivity contribution >= 4 is 47.5 Å². The minimum absolute atomic E-state index is 0. The van der Waals surface area contributed by atoms with Crippen molar-refractivity contribution in [1.29, 1.82) is 5.41 Å². The van der Waals surface area contributed by atoms with Crippen LogP contribution in [0.15, 0.2) is 48.5 Å². The molecule has 1 aliphatic heterocycles. The zero-order chi connectivity index (χ0) is 22.1. The van der Waals surface area contributed by atoms with Gasteiger partial charge in [0.2, 0.25) is 0 Å². The van der Waals surface area contributed by atoms with Crippen molar-refractivity contribution in [2.24, 2.45) is 5.73 Å². The van der Waals surface area contributed by atoms with Gasteiger partial charge in [-0.2, -0.15) is 0 Å². The highest BCUT2D eigenvalue weighted by atomic mass is 35.5. The van der Waals surface area contributed by atoms with E-state index in [4.69, 9.17) is 11.1 Å². The number of carbonyl (C=O) groups is 3. The van der Waals surface area contributed by atoms with Gasteiger partial charge < -0.3 is 10.5 Å². The number of urea groups is 1. The Morgan fingerprint density at radius 3 is 2.10 bits per heavy atom. The van der Waals surface area contributed by atoms with Crippen molar-refractivity contribution in [1.82, 2.24) is 0 Å². The zero-order valence-corrected chi connectivity index (χ0v) is 18.4. The monoisotopic (exact) mass is 444 g/mol. The van der Waals surface area contributed by atoms with Crippen LogP contribution in [-0.2, 0) is 20.7 Å². The second-order valence-electron chi connectivity index (χ2n) is 7.52. The number of amides is 3. The molecule has 0 aromatic heterocycles. The summed E-state index contributed by atoms with van der Waals surface area (Å²) in [5.41, 5.74) is 6.85. The minimum Gasteiger partial charge on any atom is -0.469 e. The molecule has 3 rings (SSSR count). The van der Waals surface area contributed by atoms with Gasteiger partial charge in [-0.15, -0.1) is 12.4 Å². The van der Waals surface area contributed by atoms with Crippen LogP contribution in [0.1, 0.15) is 31.4 Å². The van der Waals surface area contributed by atoms with E-state index in [0.717, 1.165) is 10.5 Å². The van der Waals surface area contributed by atoms with Gasteiger partial charge in [0, 0.05) is 17.7 Å². The molecule has 1 heterocycles. The van der Waals surface area contributed by atoms with Gasteiger partial charge in [-0.1, -0.05) is 12.1 Å². The van der Waals surface area contributed by atoms with E-state index in [0.29, 0.717) is 23.4 Å². The number of rotatable bonds is 6. The molecule has 1 aliphatic rings. The number of nitrogens with one attached hydrogen (secondary N) is 1. The Hall–Kier alpha value is -3.39. The number of carbonyl (C=O) groups excluding carboxylic acids is 3. The average molecular weight is 445 g/mol. The number of hydrogen-bond donors (Lipinski definition) is 2. The Morgan fingerprint density at radius 1 is 1.03 bits per heavy atom. The number of amidine groups is 1. The van der Waals surface area contributed by atoms with Crippen molar-refractivity contribution < 1.29 is 19.1 Å². The summed E-state index contributed by atoms with van der Waals surface area (Å²) in [5.74, 6) is -0.707. The maximum absolute atomic E-state index is 13.2. The summed E-state index contributed by atoms with van der Waals surface area (Å²) in [6.45, 7) is 3.38. The van der Waals surface area contributed by atoms with Gasteiger partial charge in [0.15, 0.2) is 0 Å². The third kappa shape index (κ3) is 4.54. The Balaban J connectivity index is 0.00000341. The molecule has 1 fully saturated rings. The summed E-state index contributed by atoms with van der Waals surface area (Å²) in [6.07, 6.45) is 0.767. The molecule has 2 aromatic rings. The van der Waals surface area contributed by atoms with Crippen LogP contribution in [0, 0.1) is 5.41 Å². The first-order valence-corrected chi connectivity index (χ1v) is 9.45. The standard InChI is InChI=1S/C22H24N4O4.ClH/c1-22(2)20(28)25(16-9-4-14(5-10-16)6-13-18(27)30-3)21(29)26(22)17-11-7-15(8-12-17)19(23)24;/h4-5,7-12H,6,13H2,1-3H3,(H3,23,24);1H. The van der Waals surface area contributed by atoms with Crippen molar-refractivity contribution in [3.8, 4) is 0 Å². The van der Waals surface area contributed by atoms with Crippen LogP contribution >= 0.6 is 12.4 Å². The Labute approximate surface area is 186 Å². The molecule has 0 aliphatic carbocycles. The van der Waals surface area contributed by atoms with Crippen LogP contribution in [-0.4, -0.2) is 36.4 Å². The van der Waals surface area contributed by atoms with E-state index < -0.39 is 11.6 Å². The van der Waals surface area contributed by atoms with Crippen molar-refractivity contribution in [3.63, 3.8) is 0 Å². The fourth-order valence-corrected chi connectivity index (χ4v) is 3.41. The van der Waals surface area contributed by atoms with Crippen LogP contribution in [0.5, 0.6) is 0 Å². The molecular weight excluding hydrogens is 420 g/mol. The molecular formula is C22H25ClN4O4. The smallest absolute Gasteiger partial charge is 0.336 e. The molecule has 3 N–H and O–H groups in total. The Kier molecular flexibility index (Phi) is 7.07. The van der Waals surface area contributed by atoms with E-state index in [2.05, 4.69) is 4.74 Å². The number of halogens is 1. The van der Waals surface area contributed by atoms with Crippen LogP contribution in [0.2, 0.25) is 0 Å². The molecule has 2 aromatic carbocycles. The number of esters is 1. The molecule has 0 radical (unpaired) electrons. The fraction of sp³-hybridized carbons (Fsp3) is 0.273. The van der Waals surface area contributed by atoms with Gasteiger partial charge >= 0.3 is 12.0 Å². The zero-order valence-electron chi connectivity index (χ0n) is 17.5. The quantitative estimate of drug-likeness (QED) is 0.307. The van der Waals surface area contributed by atoms with Gasteiger partial charge in [-0.3, -0.25) is 19.9 Å². The lowest BCUT2D eigenvalue weighted by atomic mass is 10.0. The number of hydrogen-bond acceptors (Lipinski definition) is 5. The number of nitrogens with two attached hydrogens (primary N) is 1. The molecule has 8 nitrogen and oxygen atoms in total. The van der Waals surface area contributed by atoms with E-state index in [1.807, 2.05) is 0 Å². The van der Waals surface area contributed by atoms with Gasteiger partial charge in [0.05, 0.1) is 12.8 Å². The summed E-state index contributed by atoms with van der Waals surface area (Å²) >= 11 is 0. The molecule has 0 bridgehead atoms. The molecule has 31 heavy (non-hydrogen) atoms. The maximum atomic E-state index is 13.2. The number of aryl methyl sites for hydroxylation is 1. The number of nitrogen functional groups attached to an aromatic ring is 1. The van der Waals surface area contributed by atoms with Gasteiger partial charge in [-0.05, 0) is 62.2 Å². The minimum atomic E-state index is -1.08. The number of ether oxygens (including phenoxy) is 1. The summed E-state index contributed by atoms with van der Waals surface area (Å²) < 4.78 is 4.64. The lowest BCUT2D eigenvalue weighted by Crippen LogP contribution is -2.44. The summed E-state index contributed by atoms with van der Waals surface area (Å²) in [4.78, 5) is 40.2. The highest BCUT2D eigenvalue weighted by molar-refractivity contribution is 6.30. The molecule has 0 atom stereocenters. The van der Waals surface area contributed by atoms with Crippen molar-refractivity contribution in [3.05, 3.63) is 59.7 Å². The first-order chi connectivity index (χ1) is 14.2. The van der Waals surface area contributed by atoms with Crippen LogP contribution in [0.25, 0.3) is 0 Å². The Morgan fingerprint density at radius 2 is 1.58 bits per heavy atom. The fourth-order valence-electron chi connectivity index (χ4n) is 3.41. The predicted octanol–water partition coefficient (Wildman–Crippen LogP) is 3.25. The average Bonchev–Trinajstić information content (AvgIpc) is 2.90. The number of nitrogens with zero attached hydrogens (tertiary/aromatic N) is 2. The van der Waals surface area contributed by atoms with E-state index >= 15 is 0 Å². The number of methoxy groups -OCH3 is 1. The Bertz CT molecular complexity index is 1000. The van der Waals surface area contributed by atoms with Crippen LogP contribution in [0.3, 0.4) is 0 Å². The first kappa shape index (κ1) is 23.9. The van der Waals surface area contributed by atoms with E-state index in [1.54, 1.807) is 62.4 Å². The largest absolute Gasteiger partial charge is 0.469 e. The molecule has 164 valence electrons. The highest BCUT2D eigenvalue weighted by Gasteiger charge is 2.52. The lowest BCUT2D eigenvalue weighted by molar-refractivity contribution is -0.140. The van der Waals surface area contributed by atoms with Crippen molar-refractivity contribution in [2.45, 2.75) is 32.2 Å². The molecule has 3 amide bonds. The summed E-state index contributed by atoms with van der Waals surface area (Å²) in [5, 5.41) is 7.50. The van der Waals surface area contributed by atoms with E-state index in [1.165, 1.54) is 12.0 Å². The van der Waals surface area contributed by atoms with Crippen molar-refractivity contribution in [2.75, 3.05) is 16.9 Å². The topological polar surface area (TPSA) is 117 Å². The van der Waals surface area contributed by atoms with Crippen LogP contribution in [0.4, 0.5) is 16.2 Å². The van der Waals surface area contributed by atoms with Gasteiger partial charge in [0.1, 0.15) is 11.4 Å². The molecule has 1 saturated heterocycles. The number of anilines is 2. The third-order valence-electron chi connectivity index (χ3n) is 5.14. The number of imide groups is 1. The second kappa shape index (κ2) is 9.18.